The van der Waals surface area contributed by atoms with Gasteiger partial charge in [0.1, 0.15) is 5.69 Å². The van der Waals surface area contributed by atoms with E-state index in [1.807, 2.05) is 0 Å². The van der Waals surface area contributed by atoms with Crippen LogP contribution in [0.1, 0.15) is 10.5 Å². The van der Waals surface area contributed by atoms with Gasteiger partial charge in [-0.1, -0.05) is 35.3 Å². The Labute approximate surface area is 149 Å². The van der Waals surface area contributed by atoms with Crippen molar-refractivity contribution in [2.75, 3.05) is 5.32 Å². The van der Waals surface area contributed by atoms with Crippen LogP contribution in [0.25, 0.3) is 10.9 Å². The van der Waals surface area contributed by atoms with Crippen LogP contribution in [0.3, 0.4) is 0 Å². The van der Waals surface area contributed by atoms with Crippen molar-refractivity contribution in [3.05, 3.63) is 58.2 Å². The van der Waals surface area contributed by atoms with Crippen LogP contribution in [-0.4, -0.2) is 17.3 Å². The predicted octanol–water partition coefficient (Wildman–Crippen LogP) is 5.63. The summed E-state index contributed by atoms with van der Waals surface area (Å²) in [6.07, 6.45) is -4.88. The number of alkyl halides is 3. The number of anilines is 1. The summed E-state index contributed by atoms with van der Waals surface area (Å²) in [5, 5.41) is 3.43. The minimum atomic E-state index is -4.88. The fraction of sp³-hybridized carbons (Fsp3) is 0.0625. The molecule has 1 aromatic heterocycles. The van der Waals surface area contributed by atoms with E-state index in [1.165, 1.54) is 18.2 Å². The normalized spacial score (nSPS) is 11.6. The molecule has 0 atom stereocenters. The maximum atomic E-state index is 12.4. The average Bonchev–Trinajstić information content (AvgIpc) is 2.85. The Bertz CT molecular complexity index is 954. The van der Waals surface area contributed by atoms with Crippen LogP contribution in [-0.2, 0) is 0 Å². The summed E-state index contributed by atoms with van der Waals surface area (Å²) < 4.78 is 41.2. The third-order valence-electron chi connectivity index (χ3n) is 3.29. The second-order valence-corrected chi connectivity index (χ2v) is 5.82. The van der Waals surface area contributed by atoms with Gasteiger partial charge in [0, 0.05) is 15.9 Å². The zero-order valence-electron chi connectivity index (χ0n) is 12.2. The summed E-state index contributed by atoms with van der Waals surface area (Å²) in [6.45, 7) is 0. The third-order valence-corrected chi connectivity index (χ3v) is 3.91. The van der Waals surface area contributed by atoms with E-state index in [-0.39, 0.29) is 16.4 Å². The molecule has 0 radical (unpaired) electrons. The fourth-order valence-electron chi connectivity index (χ4n) is 2.26. The Morgan fingerprint density at radius 2 is 1.84 bits per heavy atom. The molecule has 0 saturated heterocycles. The number of ether oxygens (including phenoxy) is 1. The highest BCUT2D eigenvalue weighted by atomic mass is 35.5. The van der Waals surface area contributed by atoms with Gasteiger partial charge in [0.2, 0.25) is 0 Å². The van der Waals surface area contributed by atoms with E-state index in [0.29, 0.717) is 15.9 Å². The molecule has 0 aliphatic rings. The number of nitrogens with one attached hydrogen (secondary N) is 2. The van der Waals surface area contributed by atoms with Crippen LogP contribution in [0, 0.1) is 0 Å². The average molecular weight is 389 g/mol. The minimum absolute atomic E-state index is 0.000690. The van der Waals surface area contributed by atoms with Crippen LogP contribution in [0.15, 0.2) is 42.5 Å². The molecular weight excluding hydrogens is 380 g/mol. The molecule has 0 aliphatic carbocycles. The summed E-state index contributed by atoms with van der Waals surface area (Å²) in [5.74, 6) is -1.24. The van der Waals surface area contributed by atoms with Gasteiger partial charge < -0.3 is 15.0 Å². The molecule has 0 saturated carbocycles. The molecule has 130 valence electrons. The lowest BCUT2D eigenvalue weighted by molar-refractivity contribution is -0.274. The van der Waals surface area contributed by atoms with Crippen molar-refractivity contribution >= 4 is 45.7 Å². The molecule has 4 nitrogen and oxygen atoms in total. The number of halogens is 5. The molecule has 9 heteroatoms. The topological polar surface area (TPSA) is 54.1 Å². The molecule has 1 amide bonds. The fourth-order valence-corrected chi connectivity index (χ4v) is 2.72. The Morgan fingerprint density at radius 1 is 1.12 bits per heavy atom. The number of aromatic amines is 1. The van der Waals surface area contributed by atoms with Crippen molar-refractivity contribution in [2.45, 2.75) is 6.36 Å². The zero-order valence-corrected chi connectivity index (χ0v) is 13.8. The van der Waals surface area contributed by atoms with Crippen LogP contribution < -0.4 is 10.1 Å². The smallest absolute Gasteiger partial charge is 0.404 e. The van der Waals surface area contributed by atoms with E-state index in [1.54, 1.807) is 18.2 Å². The lowest BCUT2D eigenvalue weighted by Crippen LogP contribution is -2.19. The number of carbonyl (C=O) groups excluding carboxylic acids is 1. The van der Waals surface area contributed by atoms with E-state index in [9.17, 15) is 18.0 Å². The first-order valence-electron chi connectivity index (χ1n) is 6.87. The summed E-state index contributed by atoms with van der Waals surface area (Å²) in [7, 11) is 0. The van der Waals surface area contributed by atoms with Gasteiger partial charge in [-0.3, -0.25) is 4.79 Å². The van der Waals surface area contributed by atoms with E-state index >= 15 is 0 Å². The molecule has 1 heterocycles. The molecule has 0 aliphatic heterocycles. The predicted molar refractivity (Wildman–Crippen MR) is 89.4 cm³/mol. The van der Waals surface area contributed by atoms with Gasteiger partial charge in [0.25, 0.3) is 5.91 Å². The minimum Gasteiger partial charge on any atom is -0.404 e. The maximum Gasteiger partial charge on any atom is 0.573 e. The van der Waals surface area contributed by atoms with Crippen LogP contribution in [0.2, 0.25) is 10.0 Å². The first-order chi connectivity index (χ1) is 11.7. The first kappa shape index (κ1) is 17.4. The lowest BCUT2D eigenvalue weighted by Gasteiger charge is -2.13. The maximum absolute atomic E-state index is 12.4. The number of amides is 1. The van der Waals surface area contributed by atoms with Crippen molar-refractivity contribution in [3.8, 4) is 5.75 Å². The number of hydrogen-bond donors (Lipinski definition) is 2. The Morgan fingerprint density at radius 3 is 2.56 bits per heavy atom. The highest BCUT2D eigenvalue weighted by Crippen LogP contribution is 2.33. The van der Waals surface area contributed by atoms with Gasteiger partial charge in [-0.2, -0.15) is 0 Å². The molecular formula is C16H9Cl2F3N2O2. The summed E-state index contributed by atoms with van der Waals surface area (Å²) >= 11 is 12.1. The van der Waals surface area contributed by atoms with Crippen molar-refractivity contribution in [2.24, 2.45) is 0 Å². The third kappa shape index (κ3) is 3.83. The number of carbonyl (C=O) groups is 1. The van der Waals surface area contributed by atoms with Gasteiger partial charge in [-0.25, -0.2) is 0 Å². The Balaban J connectivity index is 1.92. The standard InChI is InChI=1S/C16H9Cl2F3N2O2/c17-8-5-6-10-9(7-8)13(18)14(22-10)15(24)23-11-3-1-2-4-12(11)25-16(19,20)21/h1-7,22H,(H,23,24). The number of rotatable bonds is 3. The second kappa shape index (κ2) is 6.50. The highest BCUT2D eigenvalue weighted by Gasteiger charge is 2.32. The Hall–Kier alpha value is -2.38. The molecule has 0 fully saturated rings. The van der Waals surface area contributed by atoms with E-state index < -0.39 is 18.0 Å². The van der Waals surface area contributed by atoms with Crippen LogP contribution >= 0.6 is 23.2 Å². The summed E-state index contributed by atoms with van der Waals surface area (Å²) in [4.78, 5) is 15.2. The molecule has 3 aromatic rings. The highest BCUT2D eigenvalue weighted by molar-refractivity contribution is 6.40. The van der Waals surface area contributed by atoms with Gasteiger partial charge in [0.15, 0.2) is 5.75 Å². The van der Waals surface area contributed by atoms with E-state index in [4.69, 9.17) is 23.2 Å². The zero-order chi connectivity index (χ0) is 18.2. The van der Waals surface area contributed by atoms with Gasteiger partial charge in [-0.15, -0.1) is 13.2 Å². The largest absolute Gasteiger partial charge is 0.573 e. The van der Waals surface area contributed by atoms with Crippen molar-refractivity contribution in [3.63, 3.8) is 0 Å². The monoisotopic (exact) mass is 388 g/mol. The van der Waals surface area contributed by atoms with Crippen molar-refractivity contribution in [1.82, 2.24) is 4.98 Å². The number of hydrogen-bond acceptors (Lipinski definition) is 2. The molecule has 0 bridgehead atoms. The quantitative estimate of drug-likeness (QED) is 0.611. The number of aromatic nitrogens is 1. The SMILES string of the molecule is O=C(Nc1ccccc1OC(F)(F)F)c1[nH]c2ccc(Cl)cc2c1Cl. The van der Waals surface area contributed by atoms with Crippen LogP contribution in [0.4, 0.5) is 18.9 Å². The lowest BCUT2D eigenvalue weighted by atomic mass is 10.2. The summed E-state index contributed by atoms with van der Waals surface area (Å²) in [6, 6.07) is 10.0. The molecule has 25 heavy (non-hydrogen) atoms. The van der Waals surface area contributed by atoms with Crippen molar-refractivity contribution < 1.29 is 22.7 Å². The Kier molecular flexibility index (Phi) is 4.53. The van der Waals surface area contributed by atoms with Crippen molar-refractivity contribution in [1.29, 1.82) is 0 Å². The number of benzene rings is 2. The summed E-state index contributed by atoms with van der Waals surface area (Å²) in [5.41, 5.74) is 0.428. The van der Waals surface area contributed by atoms with Gasteiger partial charge in [-0.05, 0) is 30.3 Å². The number of para-hydroxylation sites is 2. The van der Waals surface area contributed by atoms with E-state index in [0.717, 1.165) is 6.07 Å². The first-order valence-corrected chi connectivity index (χ1v) is 7.63. The van der Waals surface area contributed by atoms with Gasteiger partial charge >= 0.3 is 6.36 Å². The molecule has 0 spiro atoms. The number of fused-ring (bicyclic) bond motifs is 1. The molecule has 0 unspecified atom stereocenters. The van der Waals surface area contributed by atoms with E-state index in [2.05, 4.69) is 15.0 Å². The second-order valence-electron chi connectivity index (χ2n) is 5.00. The molecule has 2 aromatic carbocycles. The molecule has 2 N–H and O–H groups in total. The number of H-pyrrole nitrogens is 1. The van der Waals surface area contributed by atoms with Gasteiger partial charge in [0.05, 0.1) is 10.7 Å². The van der Waals surface area contributed by atoms with Crippen LogP contribution in [0.5, 0.6) is 5.75 Å². The molecule has 3 rings (SSSR count).